The van der Waals surface area contributed by atoms with Gasteiger partial charge in [0.1, 0.15) is 5.82 Å². The van der Waals surface area contributed by atoms with Crippen LogP contribution in [0.15, 0.2) is 44.8 Å². The Morgan fingerprint density at radius 3 is 2.80 bits per heavy atom. The number of fused-ring (bicyclic) bond motifs is 1. The summed E-state index contributed by atoms with van der Waals surface area (Å²) in [6, 6.07) is 8.92. The number of nitrogens with zero attached hydrogens (tertiary/aromatic N) is 7. The Balaban J connectivity index is 1.62. The molecule has 0 aliphatic heterocycles. The van der Waals surface area contributed by atoms with Crippen LogP contribution in [0.3, 0.4) is 0 Å². The van der Waals surface area contributed by atoms with Crippen molar-refractivity contribution in [3.8, 4) is 5.69 Å². The van der Waals surface area contributed by atoms with Crippen molar-refractivity contribution in [1.82, 2.24) is 39.8 Å². The van der Waals surface area contributed by atoms with Crippen molar-refractivity contribution < 1.29 is 0 Å². The molecule has 10 nitrogen and oxygen atoms in total. The normalized spacial score (nSPS) is 11.2. The van der Waals surface area contributed by atoms with Crippen LogP contribution in [0.2, 0.25) is 0 Å². The number of benzene rings is 1. The summed E-state index contributed by atoms with van der Waals surface area (Å²) in [5.41, 5.74) is 6.41. The van der Waals surface area contributed by atoms with E-state index in [4.69, 9.17) is 5.73 Å². The van der Waals surface area contributed by atoms with Gasteiger partial charge >= 0.3 is 0 Å². The maximum atomic E-state index is 11.4. The number of hydrogen-bond acceptors (Lipinski definition) is 8. The van der Waals surface area contributed by atoms with Crippen molar-refractivity contribution in [3.63, 3.8) is 0 Å². The number of rotatable bonds is 4. The van der Waals surface area contributed by atoms with Gasteiger partial charge < -0.3 is 5.73 Å². The Morgan fingerprint density at radius 2 is 2.00 bits per heavy atom. The minimum Gasteiger partial charge on any atom is -0.385 e. The fraction of sp³-hybridized carbons (Fsp3) is 0.0769. The van der Waals surface area contributed by atoms with E-state index in [-0.39, 0.29) is 11.4 Å². The number of nitrogens with one attached hydrogen (secondary N) is 1. The van der Waals surface area contributed by atoms with Crippen molar-refractivity contribution in [2.24, 2.45) is 0 Å². The number of hydrogen-bond donors (Lipinski definition) is 2. The summed E-state index contributed by atoms with van der Waals surface area (Å²) in [5.74, 6) is 1.65. The zero-order valence-electron chi connectivity index (χ0n) is 12.5. The lowest BCUT2D eigenvalue weighted by Gasteiger charge is -2.05. The lowest BCUT2D eigenvalue weighted by Crippen LogP contribution is -2.11. The van der Waals surface area contributed by atoms with Crippen LogP contribution in [0.4, 0.5) is 5.82 Å². The second kappa shape index (κ2) is 6.29. The van der Waals surface area contributed by atoms with Crippen LogP contribution < -0.4 is 11.3 Å². The van der Waals surface area contributed by atoms with Gasteiger partial charge in [-0.3, -0.25) is 9.78 Å². The standard InChI is InChI=1S/C13H10BrN9OS/c14-7-1-3-8(4-2-7)23-10(17-20-21-23)6-25-13-19-18-12-16-11(24)5-9(15)22(12)13/h1-5H,6,15H2,(H,16,18,24). The molecule has 4 aromatic rings. The monoisotopic (exact) mass is 419 g/mol. The fourth-order valence-corrected chi connectivity index (χ4v) is 3.35. The molecule has 0 radical (unpaired) electrons. The number of nitrogen functional groups attached to an aromatic ring is 1. The lowest BCUT2D eigenvalue weighted by molar-refractivity contribution is 0.777. The van der Waals surface area contributed by atoms with Crippen molar-refractivity contribution in [3.05, 3.63) is 51.0 Å². The van der Waals surface area contributed by atoms with Crippen molar-refractivity contribution in [2.45, 2.75) is 10.9 Å². The summed E-state index contributed by atoms with van der Waals surface area (Å²) in [5, 5.41) is 20.3. The van der Waals surface area contributed by atoms with Crippen molar-refractivity contribution in [1.29, 1.82) is 0 Å². The number of thioether (sulfide) groups is 1. The first-order valence-corrected chi connectivity index (χ1v) is 8.79. The highest BCUT2D eigenvalue weighted by Crippen LogP contribution is 2.23. The number of aromatic amines is 1. The van der Waals surface area contributed by atoms with Gasteiger partial charge in [0.05, 0.1) is 11.4 Å². The maximum absolute atomic E-state index is 11.4. The third-order valence-electron chi connectivity index (χ3n) is 3.34. The first-order valence-electron chi connectivity index (χ1n) is 7.02. The molecule has 3 heterocycles. The molecule has 0 unspecified atom stereocenters. The average molecular weight is 420 g/mol. The second-order valence-electron chi connectivity index (χ2n) is 4.97. The highest BCUT2D eigenvalue weighted by atomic mass is 79.9. The lowest BCUT2D eigenvalue weighted by atomic mass is 10.3. The van der Waals surface area contributed by atoms with Crippen LogP contribution in [-0.4, -0.2) is 39.8 Å². The molecule has 25 heavy (non-hydrogen) atoms. The SMILES string of the molecule is Nc1cc(=O)[nH]c2nnc(SCc3nnnn3-c3ccc(Br)cc3)n12. The van der Waals surface area contributed by atoms with Gasteiger partial charge in [0, 0.05) is 10.5 Å². The molecule has 3 aromatic heterocycles. The van der Waals surface area contributed by atoms with E-state index in [2.05, 4.69) is 46.6 Å². The zero-order chi connectivity index (χ0) is 17.4. The molecule has 4 rings (SSSR count). The Hall–Kier alpha value is -2.73. The number of halogens is 1. The molecule has 0 aliphatic rings. The predicted octanol–water partition coefficient (Wildman–Crippen LogP) is 1.03. The molecule has 0 amide bonds. The first kappa shape index (κ1) is 15.8. The molecular weight excluding hydrogens is 410 g/mol. The largest absolute Gasteiger partial charge is 0.385 e. The minimum absolute atomic E-state index is 0.263. The van der Waals surface area contributed by atoms with E-state index in [1.165, 1.54) is 17.8 Å². The number of nitrogens with two attached hydrogens (primary N) is 1. The highest BCUT2D eigenvalue weighted by molar-refractivity contribution is 9.10. The van der Waals surface area contributed by atoms with E-state index in [0.29, 0.717) is 22.5 Å². The molecule has 0 saturated carbocycles. The van der Waals surface area contributed by atoms with Gasteiger partial charge in [0.25, 0.3) is 5.56 Å². The summed E-state index contributed by atoms with van der Waals surface area (Å²) in [7, 11) is 0. The van der Waals surface area contributed by atoms with Crippen molar-refractivity contribution in [2.75, 3.05) is 5.73 Å². The highest BCUT2D eigenvalue weighted by Gasteiger charge is 2.14. The van der Waals surface area contributed by atoms with E-state index in [1.54, 1.807) is 9.08 Å². The zero-order valence-corrected chi connectivity index (χ0v) is 14.9. The average Bonchev–Trinajstić information content (AvgIpc) is 3.20. The van der Waals surface area contributed by atoms with Gasteiger partial charge in [-0.2, -0.15) is 4.68 Å². The minimum atomic E-state index is -0.326. The smallest absolute Gasteiger partial charge is 0.254 e. The van der Waals surface area contributed by atoms with Gasteiger partial charge in [-0.05, 0) is 34.7 Å². The van der Waals surface area contributed by atoms with Crippen molar-refractivity contribution >= 4 is 39.3 Å². The van der Waals surface area contributed by atoms with Gasteiger partial charge in [-0.25, -0.2) is 4.40 Å². The molecule has 126 valence electrons. The summed E-state index contributed by atoms with van der Waals surface area (Å²) in [4.78, 5) is 14.0. The first-order chi connectivity index (χ1) is 12.1. The molecule has 0 saturated heterocycles. The van der Waals surface area contributed by atoms with E-state index in [9.17, 15) is 4.79 Å². The van der Waals surface area contributed by atoms with Gasteiger partial charge in [0.2, 0.25) is 5.78 Å². The Kier molecular flexibility index (Phi) is 3.97. The Labute approximate surface area is 152 Å². The molecule has 0 atom stereocenters. The van der Waals surface area contributed by atoms with Crippen LogP contribution in [0.25, 0.3) is 11.5 Å². The summed E-state index contributed by atoms with van der Waals surface area (Å²) in [6.07, 6.45) is 0. The van der Waals surface area contributed by atoms with E-state index < -0.39 is 0 Å². The molecular formula is C13H10BrN9OS. The number of tetrazole rings is 1. The molecule has 0 aliphatic carbocycles. The van der Waals surface area contributed by atoms with Gasteiger partial charge in [-0.15, -0.1) is 15.3 Å². The molecule has 12 heteroatoms. The molecule has 3 N–H and O–H groups in total. The third-order valence-corrected chi connectivity index (χ3v) is 4.79. The molecule has 0 spiro atoms. The summed E-state index contributed by atoms with van der Waals surface area (Å²) >= 11 is 4.76. The van der Waals surface area contributed by atoms with Crippen LogP contribution >= 0.6 is 27.7 Å². The molecule has 0 fully saturated rings. The van der Waals surface area contributed by atoms with Gasteiger partial charge in [0.15, 0.2) is 11.0 Å². The number of H-pyrrole nitrogens is 1. The Bertz CT molecular complexity index is 1100. The number of anilines is 1. The fourth-order valence-electron chi connectivity index (χ4n) is 2.23. The van der Waals surface area contributed by atoms with Gasteiger partial charge in [-0.1, -0.05) is 27.7 Å². The van der Waals surface area contributed by atoms with Crippen LogP contribution in [0.5, 0.6) is 0 Å². The molecule has 0 bridgehead atoms. The third kappa shape index (κ3) is 3.00. The maximum Gasteiger partial charge on any atom is 0.254 e. The van der Waals surface area contributed by atoms with E-state index >= 15 is 0 Å². The number of aromatic nitrogens is 8. The topological polar surface area (TPSA) is 133 Å². The van der Waals surface area contributed by atoms with Crippen LogP contribution in [0, 0.1) is 0 Å². The summed E-state index contributed by atoms with van der Waals surface area (Å²) in [6.45, 7) is 0. The predicted molar refractivity (Wildman–Crippen MR) is 94.4 cm³/mol. The molecule has 1 aromatic carbocycles. The Morgan fingerprint density at radius 1 is 1.20 bits per heavy atom. The quantitative estimate of drug-likeness (QED) is 0.468. The second-order valence-corrected chi connectivity index (χ2v) is 6.83. The summed E-state index contributed by atoms with van der Waals surface area (Å²) < 4.78 is 4.19. The van der Waals surface area contributed by atoms with Crippen LogP contribution in [0.1, 0.15) is 5.82 Å². The van der Waals surface area contributed by atoms with E-state index in [0.717, 1.165) is 10.2 Å². The van der Waals surface area contributed by atoms with Crippen LogP contribution in [-0.2, 0) is 5.75 Å². The van der Waals surface area contributed by atoms with E-state index in [1.807, 2.05) is 24.3 Å².